The first-order valence-corrected chi connectivity index (χ1v) is 4.86. The Hall–Kier alpha value is -2.17. The fourth-order valence-corrected chi connectivity index (χ4v) is 1.07. The van der Waals surface area contributed by atoms with Gasteiger partial charge in [0.15, 0.2) is 0 Å². The van der Waals surface area contributed by atoms with Crippen molar-refractivity contribution in [3.8, 4) is 0 Å². The second-order valence-electron chi connectivity index (χ2n) is 3.61. The van der Waals surface area contributed by atoms with Gasteiger partial charge >= 0.3 is 17.9 Å². The number of allylic oxidation sites excluding steroid dienone is 1. The number of hydrogen-bond acceptors (Lipinski definition) is 5. The van der Waals surface area contributed by atoms with Gasteiger partial charge < -0.3 is 9.47 Å². The Kier molecular flexibility index (Phi) is 3.62. The van der Waals surface area contributed by atoms with Crippen molar-refractivity contribution in [3.63, 3.8) is 0 Å². The monoisotopic (exact) mass is 236 g/mol. The number of cyclic esters (lactones) is 3. The van der Waals surface area contributed by atoms with Crippen LogP contribution in [0.3, 0.4) is 0 Å². The summed E-state index contributed by atoms with van der Waals surface area (Å²) in [6, 6.07) is 0. The largest absolute Gasteiger partial charge is 0.424 e. The highest BCUT2D eigenvalue weighted by Gasteiger charge is 2.25. The van der Waals surface area contributed by atoms with Crippen LogP contribution in [0.15, 0.2) is 35.1 Å². The van der Waals surface area contributed by atoms with Crippen molar-refractivity contribution >= 4 is 17.9 Å². The zero-order valence-electron chi connectivity index (χ0n) is 9.83. The normalized spacial score (nSPS) is 18.6. The van der Waals surface area contributed by atoms with E-state index in [0.717, 1.165) is 0 Å². The Balaban J connectivity index is 0.000000171. The first-order chi connectivity index (χ1) is 7.82. The molecule has 0 radical (unpaired) electrons. The summed E-state index contributed by atoms with van der Waals surface area (Å²) in [5.74, 6) is -0.877. The zero-order valence-corrected chi connectivity index (χ0v) is 9.83. The lowest BCUT2D eigenvalue weighted by atomic mass is 10.2. The molecule has 0 N–H and O–H groups in total. The van der Waals surface area contributed by atoms with Crippen molar-refractivity contribution in [2.75, 3.05) is 0 Å². The van der Waals surface area contributed by atoms with Crippen molar-refractivity contribution in [1.29, 1.82) is 0 Å². The number of ether oxygens (including phenoxy) is 2. The van der Waals surface area contributed by atoms with Crippen molar-refractivity contribution in [3.05, 3.63) is 35.1 Å². The number of carbonyl (C=O) groups is 3. The lowest BCUT2D eigenvalue weighted by molar-refractivity contribution is -0.151. The van der Waals surface area contributed by atoms with E-state index in [0.29, 0.717) is 22.5 Å². The summed E-state index contributed by atoms with van der Waals surface area (Å²) in [4.78, 5) is 31.4. The lowest BCUT2D eigenvalue weighted by Crippen LogP contribution is -2.00. The number of carbonyl (C=O) groups excluding carboxylic acids is 3. The third-order valence-corrected chi connectivity index (χ3v) is 2.28. The van der Waals surface area contributed by atoms with Crippen LogP contribution in [0.25, 0.3) is 0 Å². The van der Waals surface area contributed by atoms with Crippen LogP contribution in [0.1, 0.15) is 20.8 Å². The fraction of sp³-hybridized carbons (Fsp3) is 0.250. The van der Waals surface area contributed by atoms with Crippen LogP contribution in [-0.2, 0) is 23.9 Å². The molecule has 0 unspecified atom stereocenters. The molecule has 0 saturated heterocycles. The SMILES string of the molecule is C=C1C=C(C)C(=O)O1.CC1=C(C)C(=O)OC1=O. The predicted octanol–water partition coefficient (Wildman–Crippen LogP) is 1.41. The molecule has 5 heteroatoms. The van der Waals surface area contributed by atoms with Crippen molar-refractivity contribution < 1.29 is 23.9 Å². The third kappa shape index (κ3) is 2.90. The number of rotatable bonds is 0. The third-order valence-electron chi connectivity index (χ3n) is 2.28. The Morgan fingerprint density at radius 1 is 0.882 bits per heavy atom. The molecule has 0 aromatic heterocycles. The van der Waals surface area contributed by atoms with E-state index >= 15 is 0 Å². The van der Waals surface area contributed by atoms with Crippen molar-refractivity contribution in [2.45, 2.75) is 20.8 Å². The van der Waals surface area contributed by atoms with Gasteiger partial charge in [0.1, 0.15) is 5.76 Å². The van der Waals surface area contributed by atoms with E-state index in [9.17, 15) is 14.4 Å². The number of esters is 3. The highest BCUT2D eigenvalue weighted by Crippen LogP contribution is 2.14. The zero-order chi connectivity index (χ0) is 13.2. The molecule has 0 spiro atoms. The summed E-state index contributed by atoms with van der Waals surface area (Å²) in [5, 5.41) is 0. The smallest absolute Gasteiger partial charge is 0.342 e. The molecule has 0 saturated carbocycles. The molecule has 0 atom stereocenters. The molecule has 0 aliphatic carbocycles. The van der Waals surface area contributed by atoms with Crippen molar-refractivity contribution in [2.24, 2.45) is 0 Å². The van der Waals surface area contributed by atoms with Gasteiger partial charge in [0.05, 0.1) is 0 Å². The highest BCUT2D eigenvalue weighted by molar-refractivity contribution is 6.11. The Morgan fingerprint density at radius 2 is 1.35 bits per heavy atom. The minimum atomic E-state index is -0.516. The summed E-state index contributed by atoms with van der Waals surface area (Å²) >= 11 is 0. The Bertz CT molecular complexity index is 457. The summed E-state index contributed by atoms with van der Waals surface area (Å²) in [6.07, 6.45) is 1.61. The van der Waals surface area contributed by atoms with E-state index in [1.54, 1.807) is 26.8 Å². The number of hydrogen-bond donors (Lipinski definition) is 0. The molecule has 17 heavy (non-hydrogen) atoms. The first kappa shape index (κ1) is 12.9. The molecular formula is C12H12O5. The van der Waals surface area contributed by atoms with Crippen LogP contribution in [-0.4, -0.2) is 17.9 Å². The molecule has 90 valence electrons. The molecule has 2 aliphatic rings. The van der Waals surface area contributed by atoms with Gasteiger partial charge in [0.25, 0.3) is 0 Å². The van der Waals surface area contributed by atoms with Gasteiger partial charge in [-0.25, -0.2) is 14.4 Å². The molecule has 0 bridgehead atoms. The molecular weight excluding hydrogens is 224 g/mol. The van der Waals surface area contributed by atoms with E-state index in [4.69, 9.17) is 0 Å². The van der Waals surface area contributed by atoms with Crippen LogP contribution >= 0.6 is 0 Å². The van der Waals surface area contributed by atoms with Gasteiger partial charge in [-0.1, -0.05) is 6.58 Å². The van der Waals surface area contributed by atoms with Crippen LogP contribution in [0.2, 0.25) is 0 Å². The van der Waals surface area contributed by atoms with E-state index in [1.807, 2.05) is 0 Å². The van der Waals surface area contributed by atoms with E-state index in [2.05, 4.69) is 16.1 Å². The summed E-state index contributed by atoms with van der Waals surface area (Å²) in [6.45, 7) is 8.27. The van der Waals surface area contributed by atoms with E-state index < -0.39 is 11.9 Å². The quantitative estimate of drug-likeness (QED) is 0.469. The molecule has 0 aromatic rings. The maximum absolute atomic E-state index is 10.5. The van der Waals surface area contributed by atoms with Gasteiger partial charge in [0, 0.05) is 16.7 Å². The topological polar surface area (TPSA) is 69.7 Å². The van der Waals surface area contributed by atoms with Gasteiger partial charge in [-0.2, -0.15) is 0 Å². The molecule has 0 amide bonds. The summed E-state index contributed by atoms with van der Waals surface area (Å²) in [7, 11) is 0. The minimum absolute atomic E-state index is 0.282. The van der Waals surface area contributed by atoms with E-state index in [-0.39, 0.29) is 5.97 Å². The lowest BCUT2D eigenvalue weighted by Gasteiger charge is -1.88. The van der Waals surface area contributed by atoms with Crippen LogP contribution in [0.4, 0.5) is 0 Å². The predicted molar refractivity (Wildman–Crippen MR) is 58.5 cm³/mol. The second-order valence-corrected chi connectivity index (χ2v) is 3.61. The molecule has 2 heterocycles. The molecule has 2 rings (SSSR count). The maximum Gasteiger partial charge on any atom is 0.342 e. The van der Waals surface area contributed by atoms with Gasteiger partial charge in [-0.3, -0.25) is 0 Å². The average molecular weight is 236 g/mol. The van der Waals surface area contributed by atoms with Gasteiger partial charge in [-0.15, -0.1) is 0 Å². The molecule has 2 aliphatic heterocycles. The minimum Gasteiger partial charge on any atom is -0.424 e. The van der Waals surface area contributed by atoms with Crippen molar-refractivity contribution in [1.82, 2.24) is 0 Å². The van der Waals surface area contributed by atoms with Crippen LogP contribution in [0.5, 0.6) is 0 Å². The fourth-order valence-electron chi connectivity index (χ4n) is 1.07. The van der Waals surface area contributed by atoms with E-state index in [1.165, 1.54) is 0 Å². The molecule has 0 aromatic carbocycles. The molecule has 0 fully saturated rings. The Labute approximate surface area is 98.4 Å². The highest BCUT2D eigenvalue weighted by atomic mass is 16.6. The first-order valence-electron chi connectivity index (χ1n) is 4.86. The molecule has 5 nitrogen and oxygen atoms in total. The van der Waals surface area contributed by atoms with Gasteiger partial charge in [-0.05, 0) is 26.8 Å². The second kappa shape index (κ2) is 4.78. The van der Waals surface area contributed by atoms with Crippen LogP contribution < -0.4 is 0 Å². The standard InChI is InChI=1S/C6H6O3.C6H6O2/c1-3-4(2)6(8)9-5(3)7;1-4-3-5(2)8-6(4)7/h1-2H3;3H,2H2,1H3. The van der Waals surface area contributed by atoms with Crippen LogP contribution in [0, 0.1) is 0 Å². The van der Waals surface area contributed by atoms with Gasteiger partial charge in [0.2, 0.25) is 0 Å². The average Bonchev–Trinajstić information content (AvgIpc) is 2.64. The summed E-state index contributed by atoms with van der Waals surface area (Å²) < 4.78 is 8.78. The maximum atomic E-state index is 10.5. The Morgan fingerprint density at radius 3 is 1.47 bits per heavy atom. The summed E-state index contributed by atoms with van der Waals surface area (Å²) in [5.41, 5.74) is 1.45.